The van der Waals surface area contributed by atoms with Gasteiger partial charge in [0, 0.05) is 29.9 Å². The zero-order valence-corrected chi connectivity index (χ0v) is 15.2. The summed E-state index contributed by atoms with van der Waals surface area (Å²) in [5.74, 6) is -0.514. The van der Waals surface area contributed by atoms with Gasteiger partial charge in [0.2, 0.25) is 0 Å². The van der Waals surface area contributed by atoms with E-state index in [9.17, 15) is 14.4 Å². The zero-order valence-electron chi connectivity index (χ0n) is 15.2. The second-order valence-electron chi connectivity index (χ2n) is 7.22. The van der Waals surface area contributed by atoms with Crippen molar-refractivity contribution in [3.63, 3.8) is 0 Å². The van der Waals surface area contributed by atoms with E-state index in [0.717, 1.165) is 24.2 Å². The van der Waals surface area contributed by atoms with E-state index in [1.54, 1.807) is 18.2 Å². The average Bonchev–Trinajstić information content (AvgIpc) is 3.31. The van der Waals surface area contributed by atoms with Crippen molar-refractivity contribution in [3.05, 3.63) is 46.8 Å². The van der Waals surface area contributed by atoms with Crippen LogP contribution < -0.4 is 10.6 Å². The number of carbonyl (C=O) groups excluding carboxylic acids is 3. The first-order valence-electron chi connectivity index (χ1n) is 9.02. The number of rotatable bonds is 5. The number of anilines is 1. The maximum atomic E-state index is 12.5. The summed E-state index contributed by atoms with van der Waals surface area (Å²) in [5.41, 5.74) is 3.08. The van der Waals surface area contributed by atoms with Crippen LogP contribution >= 0.6 is 0 Å². The summed E-state index contributed by atoms with van der Waals surface area (Å²) in [6, 6.07) is 6.29. The molecule has 1 unspecified atom stereocenters. The smallest absolute Gasteiger partial charge is 0.319 e. The summed E-state index contributed by atoms with van der Waals surface area (Å²) >= 11 is 0. The van der Waals surface area contributed by atoms with Crippen LogP contribution in [0, 0.1) is 6.92 Å². The van der Waals surface area contributed by atoms with Gasteiger partial charge in [-0.1, -0.05) is 0 Å². The zero-order chi connectivity index (χ0) is 19.1. The molecule has 4 amide bonds. The van der Waals surface area contributed by atoms with Crippen molar-refractivity contribution in [2.24, 2.45) is 0 Å². The third-order valence-corrected chi connectivity index (χ3v) is 4.74. The standard InChI is InChI=1S/C19H21N5O3/c1-10(7-13-8-11(2)22-23-13)20-19(27)21-12-3-6-15-16(9-12)18(26)24(17(15)25)14-4-5-14/h3,6,8-10,14H,4-5,7H2,1-2H3,(H,22,23)(H2,20,21,27). The molecule has 2 aliphatic rings. The van der Waals surface area contributed by atoms with E-state index >= 15 is 0 Å². The van der Waals surface area contributed by atoms with Crippen molar-refractivity contribution in [1.29, 1.82) is 0 Å². The number of carbonyl (C=O) groups is 3. The Balaban J connectivity index is 1.39. The minimum atomic E-state index is -0.370. The number of aromatic amines is 1. The molecule has 2 aromatic rings. The van der Waals surface area contributed by atoms with E-state index in [1.807, 2.05) is 19.9 Å². The number of nitrogens with one attached hydrogen (secondary N) is 3. The second-order valence-corrected chi connectivity index (χ2v) is 7.22. The van der Waals surface area contributed by atoms with Gasteiger partial charge in [0.25, 0.3) is 11.8 Å². The Labute approximate surface area is 156 Å². The highest BCUT2D eigenvalue weighted by Gasteiger charge is 2.44. The highest BCUT2D eigenvalue weighted by Crippen LogP contribution is 2.35. The Morgan fingerprint density at radius 3 is 2.67 bits per heavy atom. The van der Waals surface area contributed by atoms with Gasteiger partial charge in [-0.05, 0) is 51.0 Å². The van der Waals surface area contributed by atoms with Gasteiger partial charge in [-0.2, -0.15) is 5.10 Å². The highest BCUT2D eigenvalue weighted by molar-refractivity contribution is 6.22. The molecule has 1 saturated carbocycles. The molecule has 0 saturated heterocycles. The first-order valence-corrected chi connectivity index (χ1v) is 9.02. The molecule has 3 N–H and O–H groups in total. The molecule has 0 bridgehead atoms. The Morgan fingerprint density at radius 2 is 2.00 bits per heavy atom. The molecule has 2 heterocycles. The van der Waals surface area contributed by atoms with Crippen molar-refractivity contribution in [3.8, 4) is 0 Å². The largest absolute Gasteiger partial charge is 0.335 e. The van der Waals surface area contributed by atoms with E-state index in [1.165, 1.54) is 4.90 Å². The quantitative estimate of drug-likeness (QED) is 0.704. The predicted molar refractivity (Wildman–Crippen MR) is 98.6 cm³/mol. The number of fused-ring (bicyclic) bond motifs is 1. The number of hydrogen-bond acceptors (Lipinski definition) is 4. The van der Waals surface area contributed by atoms with E-state index in [-0.39, 0.29) is 29.9 Å². The Hall–Kier alpha value is -3.16. The molecular weight excluding hydrogens is 346 g/mol. The molecule has 4 rings (SSSR count). The molecule has 0 radical (unpaired) electrons. The average molecular weight is 367 g/mol. The van der Waals surface area contributed by atoms with Crippen LogP contribution in [0.4, 0.5) is 10.5 Å². The Bertz CT molecular complexity index is 931. The fourth-order valence-corrected chi connectivity index (χ4v) is 3.34. The first kappa shape index (κ1) is 17.3. The lowest BCUT2D eigenvalue weighted by Gasteiger charge is -2.14. The third kappa shape index (κ3) is 3.42. The number of amides is 4. The number of hydrogen-bond donors (Lipinski definition) is 3. The number of H-pyrrole nitrogens is 1. The van der Waals surface area contributed by atoms with Crippen molar-refractivity contribution < 1.29 is 14.4 Å². The van der Waals surface area contributed by atoms with Gasteiger partial charge in [0.05, 0.1) is 16.8 Å². The van der Waals surface area contributed by atoms with Crippen LogP contribution in [0.3, 0.4) is 0 Å². The van der Waals surface area contributed by atoms with Crippen molar-refractivity contribution in [1.82, 2.24) is 20.4 Å². The molecule has 8 nitrogen and oxygen atoms in total. The topological polar surface area (TPSA) is 107 Å². The maximum Gasteiger partial charge on any atom is 0.319 e. The lowest BCUT2D eigenvalue weighted by molar-refractivity contribution is 0.0642. The van der Waals surface area contributed by atoms with Crippen LogP contribution in [-0.4, -0.2) is 45.0 Å². The van der Waals surface area contributed by atoms with E-state index < -0.39 is 0 Å². The number of benzene rings is 1. The van der Waals surface area contributed by atoms with E-state index in [4.69, 9.17) is 0 Å². The number of urea groups is 1. The normalized spacial score (nSPS) is 17.0. The number of aryl methyl sites for hydroxylation is 1. The summed E-state index contributed by atoms with van der Waals surface area (Å²) in [6.45, 7) is 3.81. The first-order chi connectivity index (χ1) is 12.9. The SMILES string of the molecule is Cc1cc(CC(C)NC(=O)Nc2ccc3c(c2)C(=O)N(C2CC2)C3=O)n[nH]1. The number of nitrogens with zero attached hydrogens (tertiary/aromatic N) is 2. The molecule has 140 valence electrons. The molecule has 1 aromatic heterocycles. The van der Waals surface area contributed by atoms with Crippen molar-refractivity contribution in [2.45, 2.75) is 45.2 Å². The lowest BCUT2D eigenvalue weighted by Crippen LogP contribution is -2.37. The van der Waals surface area contributed by atoms with Crippen LogP contribution in [0.5, 0.6) is 0 Å². The third-order valence-electron chi connectivity index (χ3n) is 4.74. The molecule has 27 heavy (non-hydrogen) atoms. The summed E-state index contributed by atoms with van der Waals surface area (Å²) in [7, 11) is 0. The number of imide groups is 1. The summed E-state index contributed by atoms with van der Waals surface area (Å²) in [5, 5.41) is 12.6. The maximum absolute atomic E-state index is 12.5. The second kappa shape index (κ2) is 6.53. The van der Waals surface area contributed by atoms with Crippen LogP contribution in [0.2, 0.25) is 0 Å². The molecule has 0 spiro atoms. The number of aromatic nitrogens is 2. The van der Waals surface area contributed by atoms with Crippen LogP contribution in [-0.2, 0) is 6.42 Å². The molecule has 1 fully saturated rings. The van der Waals surface area contributed by atoms with Crippen LogP contribution in [0.1, 0.15) is 51.9 Å². The molecule has 1 aromatic carbocycles. The fraction of sp³-hybridized carbons (Fsp3) is 0.368. The fourth-order valence-electron chi connectivity index (χ4n) is 3.34. The van der Waals surface area contributed by atoms with Crippen molar-refractivity contribution in [2.75, 3.05) is 5.32 Å². The van der Waals surface area contributed by atoms with Gasteiger partial charge >= 0.3 is 6.03 Å². The molecule has 1 atom stereocenters. The molecule has 8 heteroatoms. The summed E-state index contributed by atoms with van der Waals surface area (Å²) < 4.78 is 0. The van der Waals surface area contributed by atoms with Gasteiger partial charge in [-0.15, -0.1) is 0 Å². The minimum Gasteiger partial charge on any atom is -0.335 e. The minimum absolute atomic E-state index is 0.0311. The summed E-state index contributed by atoms with van der Waals surface area (Å²) in [4.78, 5) is 38.4. The highest BCUT2D eigenvalue weighted by atomic mass is 16.2. The molecule has 1 aliphatic carbocycles. The van der Waals surface area contributed by atoms with Crippen molar-refractivity contribution >= 4 is 23.5 Å². The van der Waals surface area contributed by atoms with Gasteiger partial charge < -0.3 is 10.6 Å². The van der Waals surface area contributed by atoms with Gasteiger partial charge in [0.15, 0.2) is 0 Å². The van der Waals surface area contributed by atoms with E-state index in [2.05, 4.69) is 20.8 Å². The van der Waals surface area contributed by atoms with E-state index in [0.29, 0.717) is 23.2 Å². The molecular formula is C19H21N5O3. The molecule has 1 aliphatic heterocycles. The monoisotopic (exact) mass is 367 g/mol. The van der Waals surface area contributed by atoms with Gasteiger partial charge in [-0.25, -0.2) is 4.79 Å². The Kier molecular flexibility index (Phi) is 4.18. The summed E-state index contributed by atoms with van der Waals surface area (Å²) in [6.07, 6.45) is 2.34. The Morgan fingerprint density at radius 1 is 1.26 bits per heavy atom. The van der Waals surface area contributed by atoms with Gasteiger partial charge in [0.1, 0.15) is 0 Å². The lowest BCUT2D eigenvalue weighted by atomic mass is 10.1. The van der Waals surface area contributed by atoms with Crippen LogP contribution in [0.25, 0.3) is 0 Å². The van der Waals surface area contributed by atoms with Gasteiger partial charge in [-0.3, -0.25) is 19.6 Å². The van der Waals surface area contributed by atoms with Crippen LogP contribution in [0.15, 0.2) is 24.3 Å². The predicted octanol–water partition coefficient (Wildman–Crippen LogP) is 2.23.